The van der Waals surface area contributed by atoms with Crippen LogP contribution in [0.3, 0.4) is 0 Å². The highest BCUT2D eigenvalue weighted by molar-refractivity contribution is 6.30. The molecule has 2 N–H and O–H groups in total. The van der Waals surface area contributed by atoms with Gasteiger partial charge in [-0.2, -0.15) is 0 Å². The highest BCUT2D eigenvalue weighted by Crippen LogP contribution is 2.32. The number of nitrogens with two attached hydrogens (primary N) is 1. The molecule has 1 aromatic carbocycles. The average Bonchev–Trinajstić information content (AvgIpc) is 2.25. The van der Waals surface area contributed by atoms with E-state index in [4.69, 9.17) is 26.8 Å². The fraction of sp³-hybridized carbons (Fsp3) is 0.273. The first-order valence-electron chi connectivity index (χ1n) is 4.71. The second-order valence-electron chi connectivity index (χ2n) is 3.23. The summed E-state index contributed by atoms with van der Waals surface area (Å²) in [6, 6.07) is 3.72. The third kappa shape index (κ3) is 2.31. The lowest BCUT2D eigenvalue weighted by atomic mass is 10.1. The smallest absolute Gasteiger partial charge is 0.189 e. The van der Waals surface area contributed by atoms with Crippen LogP contribution in [0.1, 0.15) is 11.1 Å². The molecule has 0 bridgehead atoms. The SMILES string of the molecule is NC/C=C/c1cc(Cl)cc2c1OCOC2. The monoisotopic (exact) mass is 225 g/mol. The maximum Gasteiger partial charge on any atom is 0.189 e. The molecule has 1 heterocycles. The molecule has 4 heteroatoms. The fourth-order valence-electron chi connectivity index (χ4n) is 1.53. The van der Waals surface area contributed by atoms with Crippen LogP contribution < -0.4 is 10.5 Å². The zero-order chi connectivity index (χ0) is 10.7. The van der Waals surface area contributed by atoms with Crippen LogP contribution in [0.2, 0.25) is 5.02 Å². The summed E-state index contributed by atoms with van der Waals surface area (Å²) in [7, 11) is 0. The van der Waals surface area contributed by atoms with Crippen molar-refractivity contribution in [2.75, 3.05) is 13.3 Å². The van der Waals surface area contributed by atoms with Crippen LogP contribution in [-0.2, 0) is 11.3 Å². The minimum absolute atomic E-state index is 0.290. The van der Waals surface area contributed by atoms with Crippen molar-refractivity contribution in [3.63, 3.8) is 0 Å². The van der Waals surface area contributed by atoms with Crippen molar-refractivity contribution in [1.82, 2.24) is 0 Å². The van der Waals surface area contributed by atoms with Gasteiger partial charge in [0, 0.05) is 22.7 Å². The van der Waals surface area contributed by atoms with E-state index < -0.39 is 0 Å². The van der Waals surface area contributed by atoms with Crippen molar-refractivity contribution in [2.45, 2.75) is 6.61 Å². The maximum atomic E-state index is 5.98. The van der Waals surface area contributed by atoms with Gasteiger partial charge < -0.3 is 15.2 Å². The molecule has 1 aromatic rings. The largest absolute Gasteiger partial charge is 0.467 e. The molecule has 0 saturated carbocycles. The number of benzene rings is 1. The molecule has 0 saturated heterocycles. The molecule has 0 fully saturated rings. The predicted octanol–water partition coefficient (Wildman–Crippen LogP) is 2.18. The van der Waals surface area contributed by atoms with Crippen molar-refractivity contribution >= 4 is 17.7 Å². The van der Waals surface area contributed by atoms with Gasteiger partial charge in [-0.3, -0.25) is 0 Å². The molecule has 0 radical (unpaired) electrons. The Kier molecular flexibility index (Phi) is 3.26. The van der Waals surface area contributed by atoms with Gasteiger partial charge in [0.15, 0.2) is 6.79 Å². The molecular weight excluding hydrogens is 214 g/mol. The highest BCUT2D eigenvalue weighted by atomic mass is 35.5. The lowest BCUT2D eigenvalue weighted by Gasteiger charge is -2.19. The quantitative estimate of drug-likeness (QED) is 0.839. The maximum absolute atomic E-state index is 5.98. The Morgan fingerprint density at radius 3 is 3.13 bits per heavy atom. The number of hydrogen-bond donors (Lipinski definition) is 1. The van der Waals surface area contributed by atoms with Gasteiger partial charge in [0.1, 0.15) is 5.75 Å². The van der Waals surface area contributed by atoms with Gasteiger partial charge in [0.05, 0.1) is 6.61 Å². The molecule has 15 heavy (non-hydrogen) atoms. The molecule has 0 unspecified atom stereocenters. The van der Waals surface area contributed by atoms with Gasteiger partial charge in [-0.05, 0) is 12.1 Å². The van der Waals surface area contributed by atoms with E-state index in [1.165, 1.54) is 0 Å². The summed E-state index contributed by atoms with van der Waals surface area (Å²) in [5.41, 5.74) is 7.33. The molecule has 0 spiro atoms. The summed E-state index contributed by atoms with van der Waals surface area (Å²) in [5, 5.41) is 0.680. The normalized spacial score (nSPS) is 15.1. The second-order valence-corrected chi connectivity index (χ2v) is 3.67. The Hall–Kier alpha value is -1.03. The highest BCUT2D eigenvalue weighted by Gasteiger charge is 2.14. The third-order valence-corrected chi connectivity index (χ3v) is 2.36. The lowest BCUT2D eigenvalue weighted by molar-refractivity contribution is -0.0165. The van der Waals surface area contributed by atoms with Gasteiger partial charge in [0.25, 0.3) is 0 Å². The van der Waals surface area contributed by atoms with Crippen LogP contribution in [-0.4, -0.2) is 13.3 Å². The molecule has 0 amide bonds. The van der Waals surface area contributed by atoms with E-state index in [0.29, 0.717) is 18.2 Å². The summed E-state index contributed by atoms with van der Waals surface area (Å²) in [4.78, 5) is 0. The summed E-state index contributed by atoms with van der Waals surface area (Å²) < 4.78 is 10.6. The molecule has 3 nitrogen and oxygen atoms in total. The molecule has 1 aliphatic heterocycles. The van der Waals surface area contributed by atoms with Crippen molar-refractivity contribution < 1.29 is 9.47 Å². The lowest BCUT2D eigenvalue weighted by Crippen LogP contribution is -2.12. The molecule has 0 aliphatic carbocycles. The van der Waals surface area contributed by atoms with Crippen LogP contribution >= 0.6 is 11.6 Å². The molecular formula is C11H12ClNO2. The first kappa shape index (κ1) is 10.5. The first-order valence-corrected chi connectivity index (χ1v) is 5.08. The molecule has 1 aliphatic rings. The van der Waals surface area contributed by atoms with Crippen molar-refractivity contribution in [1.29, 1.82) is 0 Å². The van der Waals surface area contributed by atoms with Gasteiger partial charge in [-0.25, -0.2) is 0 Å². The predicted molar refractivity (Wildman–Crippen MR) is 59.8 cm³/mol. The second kappa shape index (κ2) is 4.66. The Morgan fingerprint density at radius 2 is 2.33 bits per heavy atom. The van der Waals surface area contributed by atoms with Crippen molar-refractivity contribution in [3.8, 4) is 5.75 Å². The number of halogens is 1. The minimum atomic E-state index is 0.290. The van der Waals surface area contributed by atoms with Crippen LogP contribution in [0.15, 0.2) is 18.2 Å². The van der Waals surface area contributed by atoms with E-state index >= 15 is 0 Å². The summed E-state index contributed by atoms with van der Waals surface area (Å²) in [6.07, 6.45) is 3.78. The van der Waals surface area contributed by atoms with E-state index in [2.05, 4.69) is 0 Å². The van der Waals surface area contributed by atoms with Crippen LogP contribution in [0.4, 0.5) is 0 Å². The third-order valence-electron chi connectivity index (χ3n) is 2.14. The van der Waals surface area contributed by atoms with Crippen LogP contribution in [0.25, 0.3) is 6.08 Å². The van der Waals surface area contributed by atoms with Gasteiger partial charge in [0.2, 0.25) is 0 Å². The minimum Gasteiger partial charge on any atom is -0.467 e. The van der Waals surface area contributed by atoms with Crippen molar-refractivity contribution in [3.05, 3.63) is 34.4 Å². The summed E-state index contributed by atoms with van der Waals surface area (Å²) >= 11 is 5.98. The molecule has 0 atom stereocenters. The molecule has 80 valence electrons. The van der Waals surface area contributed by atoms with Crippen LogP contribution in [0, 0.1) is 0 Å². The van der Waals surface area contributed by atoms with E-state index in [1.807, 2.05) is 24.3 Å². The number of fused-ring (bicyclic) bond motifs is 1. The van der Waals surface area contributed by atoms with Gasteiger partial charge in [-0.1, -0.05) is 23.8 Å². The topological polar surface area (TPSA) is 44.5 Å². The van der Waals surface area contributed by atoms with E-state index in [1.54, 1.807) is 0 Å². The van der Waals surface area contributed by atoms with Gasteiger partial charge in [-0.15, -0.1) is 0 Å². The number of hydrogen-bond acceptors (Lipinski definition) is 3. The van der Waals surface area contributed by atoms with Crippen molar-refractivity contribution in [2.24, 2.45) is 5.73 Å². The van der Waals surface area contributed by atoms with E-state index in [0.717, 1.165) is 16.9 Å². The average molecular weight is 226 g/mol. The Balaban J connectivity index is 2.43. The molecule has 0 aromatic heterocycles. The van der Waals surface area contributed by atoms with Gasteiger partial charge >= 0.3 is 0 Å². The fourth-order valence-corrected chi connectivity index (χ4v) is 1.78. The Labute approximate surface area is 93.4 Å². The van der Waals surface area contributed by atoms with E-state index in [9.17, 15) is 0 Å². The first-order chi connectivity index (χ1) is 7.31. The standard InChI is InChI=1S/C11H12ClNO2/c12-10-4-8(2-1-3-13)11-9(5-10)6-14-7-15-11/h1-2,4-5H,3,6-7,13H2/b2-1+. The summed E-state index contributed by atoms with van der Waals surface area (Å²) in [6.45, 7) is 1.33. The molecule has 2 rings (SSSR count). The Bertz CT molecular complexity index is 390. The zero-order valence-corrected chi connectivity index (χ0v) is 8.96. The Morgan fingerprint density at radius 1 is 1.47 bits per heavy atom. The summed E-state index contributed by atoms with van der Waals surface area (Å²) in [5.74, 6) is 0.843. The number of rotatable bonds is 2. The number of ether oxygens (including phenoxy) is 2. The zero-order valence-electron chi connectivity index (χ0n) is 8.20. The van der Waals surface area contributed by atoms with Crippen LogP contribution in [0.5, 0.6) is 5.75 Å². The van der Waals surface area contributed by atoms with E-state index in [-0.39, 0.29) is 6.79 Å².